The van der Waals surface area contributed by atoms with Crippen molar-refractivity contribution in [3.8, 4) is 0 Å². The second kappa shape index (κ2) is 5.16. The normalized spacial score (nSPS) is 12.4. The van der Waals surface area contributed by atoms with Crippen LogP contribution in [0.3, 0.4) is 0 Å². The van der Waals surface area contributed by atoms with Crippen molar-refractivity contribution in [1.82, 2.24) is 4.90 Å². The number of nitrogens with zero attached hydrogens (tertiary/aromatic N) is 2. The molecule has 2 nitrogen and oxygen atoms in total. The second-order valence-electron chi connectivity index (χ2n) is 3.16. The fourth-order valence-electron chi connectivity index (χ4n) is 1.32. The van der Waals surface area contributed by atoms with Gasteiger partial charge in [0.1, 0.15) is 5.84 Å². The Labute approximate surface area is 70.3 Å². The van der Waals surface area contributed by atoms with Gasteiger partial charge in [0.2, 0.25) is 0 Å². The van der Waals surface area contributed by atoms with Crippen LogP contribution in [-0.4, -0.2) is 31.4 Å². The lowest BCUT2D eigenvalue weighted by Crippen LogP contribution is -2.31. The van der Waals surface area contributed by atoms with Crippen molar-refractivity contribution in [2.24, 2.45) is 10.9 Å². The van der Waals surface area contributed by atoms with Crippen molar-refractivity contribution >= 4 is 5.84 Å². The summed E-state index contributed by atoms with van der Waals surface area (Å²) in [5.41, 5.74) is 0. The highest BCUT2D eigenvalue weighted by Gasteiger charge is 2.07. The summed E-state index contributed by atoms with van der Waals surface area (Å²) in [4.78, 5) is 6.48. The molecule has 0 atom stereocenters. The fraction of sp³-hybridized carbons (Fsp3) is 0.889. The van der Waals surface area contributed by atoms with E-state index in [9.17, 15) is 0 Å². The van der Waals surface area contributed by atoms with E-state index in [1.165, 1.54) is 12.3 Å². The predicted octanol–water partition coefficient (Wildman–Crippen LogP) is 2.01. The van der Waals surface area contributed by atoms with Crippen LogP contribution in [0, 0.1) is 5.92 Å². The maximum Gasteiger partial charge on any atom is 0.101 e. The monoisotopic (exact) mass is 156 g/mol. The lowest BCUT2D eigenvalue weighted by molar-refractivity contribution is 0.473. The minimum Gasteiger partial charge on any atom is -0.363 e. The van der Waals surface area contributed by atoms with E-state index >= 15 is 0 Å². The molecule has 0 spiro atoms. The molecule has 0 rings (SSSR count). The number of rotatable bonds is 3. The van der Waals surface area contributed by atoms with E-state index < -0.39 is 0 Å². The summed E-state index contributed by atoms with van der Waals surface area (Å²) in [6, 6.07) is 0. The molecule has 0 aromatic heterocycles. The van der Waals surface area contributed by atoms with Gasteiger partial charge in [-0.3, -0.25) is 4.99 Å². The van der Waals surface area contributed by atoms with Gasteiger partial charge in [-0.25, -0.2) is 0 Å². The molecule has 0 saturated heterocycles. The van der Waals surface area contributed by atoms with Gasteiger partial charge in [-0.2, -0.15) is 0 Å². The zero-order valence-corrected chi connectivity index (χ0v) is 8.39. The Morgan fingerprint density at radius 2 is 2.00 bits per heavy atom. The predicted molar refractivity (Wildman–Crippen MR) is 51.1 cm³/mol. The molecule has 0 bridgehead atoms. The first-order chi connectivity index (χ1) is 5.13. The van der Waals surface area contributed by atoms with E-state index in [4.69, 9.17) is 0 Å². The van der Waals surface area contributed by atoms with Crippen LogP contribution in [0.15, 0.2) is 4.99 Å². The molecular formula is C9H20N2. The molecule has 0 radical (unpaired) electrons. The molecule has 0 N–H and O–H groups in total. The molecule has 0 amide bonds. The minimum absolute atomic E-state index is 0.538. The average molecular weight is 156 g/mol. The molecule has 0 aromatic rings. The SMILES string of the molecule is CCCN(C)/C(=N\C)C(C)C. The molecule has 0 aliphatic rings. The molecule has 11 heavy (non-hydrogen) atoms. The summed E-state index contributed by atoms with van der Waals surface area (Å²) in [6.07, 6.45) is 1.18. The van der Waals surface area contributed by atoms with Gasteiger partial charge in [0.25, 0.3) is 0 Å². The Kier molecular flexibility index (Phi) is 4.92. The van der Waals surface area contributed by atoms with E-state index in [0.29, 0.717) is 5.92 Å². The Morgan fingerprint density at radius 1 is 1.45 bits per heavy atom. The van der Waals surface area contributed by atoms with Crippen LogP contribution in [-0.2, 0) is 0 Å². The lowest BCUT2D eigenvalue weighted by Gasteiger charge is -2.22. The van der Waals surface area contributed by atoms with Crippen molar-refractivity contribution < 1.29 is 0 Å². The van der Waals surface area contributed by atoms with E-state index in [-0.39, 0.29) is 0 Å². The lowest BCUT2D eigenvalue weighted by atomic mass is 10.2. The molecule has 0 aliphatic heterocycles. The van der Waals surface area contributed by atoms with Gasteiger partial charge in [-0.05, 0) is 6.42 Å². The molecule has 0 aromatic carbocycles. The number of aliphatic imine (C=N–C) groups is 1. The maximum absolute atomic E-state index is 4.25. The first kappa shape index (κ1) is 10.5. The minimum atomic E-state index is 0.538. The fourth-order valence-corrected chi connectivity index (χ4v) is 1.32. The van der Waals surface area contributed by atoms with Gasteiger partial charge in [-0.1, -0.05) is 20.8 Å². The molecule has 66 valence electrons. The highest BCUT2D eigenvalue weighted by Crippen LogP contribution is 2.01. The van der Waals surface area contributed by atoms with Crippen molar-refractivity contribution in [2.45, 2.75) is 27.2 Å². The van der Waals surface area contributed by atoms with Gasteiger partial charge in [0.15, 0.2) is 0 Å². The number of hydrogen-bond acceptors (Lipinski definition) is 1. The van der Waals surface area contributed by atoms with Gasteiger partial charge < -0.3 is 4.90 Å². The molecule has 0 saturated carbocycles. The number of amidine groups is 1. The molecular weight excluding hydrogens is 136 g/mol. The third kappa shape index (κ3) is 3.40. The summed E-state index contributed by atoms with van der Waals surface area (Å²) in [7, 11) is 3.97. The summed E-state index contributed by atoms with van der Waals surface area (Å²) in [5, 5.41) is 0. The van der Waals surface area contributed by atoms with Crippen LogP contribution < -0.4 is 0 Å². The molecule has 0 heterocycles. The van der Waals surface area contributed by atoms with E-state index in [0.717, 1.165) is 6.54 Å². The van der Waals surface area contributed by atoms with Gasteiger partial charge in [0.05, 0.1) is 0 Å². The van der Waals surface area contributed by atoms with Gasteiger partial charge in [-0.15, -0.1) is 0 Å². The summed E-state index contributed by atoms with van der Waals surface area (Å²) >= 11 is 0. The van der Waals surface area contributed by atoms with Gasteiger partial charge in [0, 0.05) is 26.6 Å². The van der Waals surface area contributed by atoms with Crippen LogP contribution in [0.25, 0.3) is 0 Å². The summed E-state index contributed by atoms with van der Waals surface area (Å²) in [5.74, 6) is 1.74. The van der Waals surface area contributed by atoms with Crippen LogP contribution in [0.2, 0.25) is 0 Å². The largest absolute Gasteiger partial charge is 0.363 e. The van der Waals surface area contributed by atoms with E-state index in [2.05, 4.69) is 37.7 Å². The van der Waals surface area contributed by atoms with Gasteiger partial charge >= 0.3 is 0 Å². The maximum atomic E-state index is 4.25. The Morgan fingerprint density at radius 3 is 2.27 bits per heavy atom. The molecule has 0 fully saturated rings. The summed E-state index contributed by atoms with van der Waals surface area (Å²) < 4.78 is 0. The van der Waals surface area contributed by atoms with E-state index in [1.807, 2.05) is 7.05 Å². The quantitative estimate of drug-likeness (QED) is 0.451. The smallest absolute Gasteiger partial charge is 0.101 e. The van der Waals surface area contributed by atoms with Crippen LogP contribution in [0.4, 0.5) is 0 Å². The molecule has 2 heteroatoms. The van der Waals surface area contributed by atoms with E-state index in [1.54, 1.807) is 0 Å². The van der Waals surface area contributed by atoms with Crippen LogP contribution in [0.1, 0.15) is 27.2 Å². The standard InChI is InChI=1S/C9H20N2/c1-6-7-11(5)9(10-4)8(2)3/h8H,6-7H2,1-5H3/b10-9-. The topological polar surface area (TPSA) is 15.6 Å². The Bertz CT molecular complexity index is 128. The van der Waals surface area contributed by atoms with Crippen molar-refractivity contribution in [1.29, 1.82) is 0 Å². The Balaban J connectivity index is 4.04. The third-order valence-electron chi connectivity index (χ3n) is 1.70. The average Bonchev–Trinajstić information content (AvgIpc) is 1.88. The van der Waals surface area contributed by atoms with Crippen LogP contribution in [0.5, 0.6) is 0 Å². The zero-order valence-electron chi connectivity index (χ0n) is 8.39. The molecule has 0 unspecified atom stereocenters. The highest BCUT2D eigenvalue weighted by molar-refractivity contribution is 5.83. The van der Waals surface area contributed by atoms with Crippen LogP contribution >= 0.6 is 0 Å². The summed E-state index contributed by atoms with van der Waals surface area (Å²) in [6.45, 7) is 7.64. The third-order valence-corrected chi connectivity index (χ3v) is 1.70. The second-order valence-corrected chi connectivity index (χ2v) is 3.16. The first-order valence-electron chi connectivity index (χ1n) is 4.31. The van der Waals surface area contributed by atoms with Crippen molar-refractivity contribution in [3.63, 3.8) is 0 Å². The first-order valence-corrected chi connectivity index (χ1v) is 4.31. The van der Waals surface area contributed by atoms with Crippen molar-refractivity contribution in [2.75, 3.05) is 20.6 Å². The zero-order chi connectivity index (χ0) is 8.85. The highest BCUT2D eigenvalue weighted by atomic mass is 15.2. The molecule has 0 aliphatic carbocycles. The van der Waals surface area contributed by atoms with Crippen molar-refractivity contribution in [3.05, 3.63) is 0 Å². The number of hydrogen-bond donors (Lipinski definition) is 0. The Hall–Kier alpha value is -0.530.